The Morgan fingerprint density at radius 3 is 2.62 bits per heavy atom. The Kier molecular flexibility index (Phi) is 3.87. The number of benzene rings is 1. The van der Waals surface area contributed by atoms with Crippen LogP contribution in [0.3, 0.4) is 0 Å². The summed E-state index contributed by atoms with van der Waals surface area (Å²) in [5.41, 5.74) is 5.65. The van der Waals surface area contributed by atoms with E-state index in [0.717, 1.165) is 0 Å². The molecule has 1 aromatic rings. The number of carboxylic acids is 1. The predicted octanol–water partition coefficient (Wildman–Crippen LogP) is 1.32. The number of halogens is 1. The van der Waals surface area contributed by atoms with Crippen LogP contribution in [0.2, 0.25) is 5.02 Å². The Morgan fingerprint density at radius 1 is 1.50 bits per heavy atom. The van der Waals surface area contributed by atoms with Crippen molar-refractivity contribution in [1.82, 2.24) is 0 Å². The zero-order chi connectivity index (χ0) is 12.3. The van der Waals surface area contributed by atoms with Crippen molar-refractivity contribution >= 4 is 29.2 Å². The van der Waals surface area contributed by atoms with Crippen LogP contribution in [0.5, 0.6) is 0 Å². The quantitative estimate of drug-likeness (QED) is 0.745. The highest BCUT2D eigenvalue weighted by atomic mass is 35.5. The van der Waals surface area contributed by atoms with Gasteiger partial charge in [0, 0.05) is 0 Å². The zero-order valence-electron chi connectivity index (χ0n) is 8.53. The minimum Gasteiger partial charge on any atom is -0.478 e. The summed E-state index contributed by atoms with van der Waals surface area (Å²) >= 11 is 5.80. The normalized spacial score (nSPS) is 11.9. The molecule has 4 N–H and O–H groups in total. The molecule has 6 heteroatoms. The van der Waals surface area contributed by atoms with E-state index < -0.39 is 17.9 Å². The number of carbonyl (C=O) groups is 2. The summed E-state index contributed by atoms with van der Waals surface area (Å²) in [6.45, 7) is 1.52. The van der Waals surface area contributed by atoms with Gasteiger partial charge in [0.05, 0.1) is 22.3 Å². The van der Waals surface area contributed by atoms with Crippen molar-refractivity contribution in [1.29, 1.82) is 0 Å². The molecule has 1 atom stereocenters. The third kappa shape index (κ3) is 2.95. The lowest BCUT2D eigenvalue weighted by Crippen LogP contribution is -2.32. The second-order valence-electron chi connectivity index (χ2n) is 3.28. The number of hydrogen-bond acceptors (Lipinski definition) is 3. The first kappa shape index (κ1) is 12.5. The molecule has 0 saturated heterocycles. The molecular weight excluding hydrogens is 232 g/mol. The third-order valence-corrected chi connectivity index (χ3v) is 2.21. The van der Waals surface area contributed by atoms with E-state index in [9.17, 15) is 9.59 Å². The molecule has 0 aromatic heterocycles. The van der Waals surface area contributed by atoms with Crippen molar-refractivity contribution in [2.75, 3.05) is 5.32 Å². The van der Waals surface area contributed by atoms with Gasteiger partial charge in [-0.3, -0.25) is 4.79 Å². The topological polar surface area (TPSA) is 92.4 Å². The number of amides is 1. The van der Waals surface area contributed by atoms with E-state index in [2.05, 4.69) is 5.32 Å². The molecule has 1 amide bonds. The van der Waals surface area contributed by atoms with Gasteiger partial charge in [-0.25, -0.2) is 4.79 Å². The molecule has 16 heavy (non-hydrogen) atoms. The molecule has 0 saturated carbocycles. The second kappa shape index (κ2) is 4.96. The van der Waals surface area contributed by atoms with Crippen molar-refractivity contribution in [3.63, 3.8) is 0 Å². The van der Waals surface area contributed by atoms with Crippen LogP contribution in [0.4, 0.5) is 5.69 Å². The van der Waals surface area contributed by atoms with Gasteiger partial charge >= 0.3 is 5.97 Å². The highest BCUT2D eigenvalue weighted by Gasteiger charge is 2.12. The number of aromatic carboxylic acids is 1. The van der Waals surface area contributed by atoms with Crippen LogP contribution in [0.15, 0.2) is 18.2 Å². The van der Waals surface area contributed by atoms with Gasteiger partial charge in [-0.05, 0) is 25.1 Å². The molecule has 5 nitrogen and oxygen atoms in total. The smallest absolute Gasteiger partial charge is 0.335 e. The van der Waals surface area contributed by atoms with Crippen LogP contribution in [0, 0.1) is 0 Å². The summed E-state index contributed by atoms with van der Waals surface area (Å²) in [4.78, 5) is 22.0. The summed E-state index contributed by atoms with van der Waals surface area (Å²) in [5, 5.41) is 11.5. The maximum absolute atomic E-state index is 11.3. The number of hydrogen-bond donors (Lipinski definition) is 3. The van der Waals surface area contributed by atoms with Gasteiger partial charge < -0.3 is 16.2 Å². The van der Waals surface area contributed by atoms with Gasteiger partial charge in [-0.15, -0.1) is 0 Å². The van der Waals surface area contributed by atoms with Gasteiger partial charge in [-0.1, -0.05) is 11.6 Å². The Morgan fingerprint density at radius 2 is 2.12 bits per heavy atom. The molecule has 86 valence electrons. The molecular formula is C10H11ClN2O3. The van der Waals surface area contributed by atoms with Crippen LogP contribution in [0.1, 0.15) is 17.3 Å². The molecule has 0 aliphatic heterocycles. The maximum Gasteiger partial charge on any atom is 0.335 e. The monoisotopic (exact) mass is 242 g/mol. The average molecular weight is 243 g/mol. The molecule has 0 fully saturated rings. The molecule has 1 aromatic carbocycles. The first-order valence-corrected chi connectivity index (χ1v) is 4.89. The van der Waals surface area contributed by atoms with Crippen molar-refractivity contribution in [3.8, 4) is 0 Å². The molecule has 0 heterocycles. The van der Waals surface area contributed by atoms with Crippen LogP contribution in [-0.4, -0.2) is 23.0 Å². The fraction of sp³-hybridized carbons (Fsp3) is 0.200. The van der Waals surface area contributed by atoms with Crippen LogP contribution in [-0.2, 0) is 4.79 Å². The fourth-order valence-electron chi connectivity index (χ4n) is 1.00. The first-order chi connectivity index (χ1) is 7.41. The Balaban J connectivity index is 2.99. The number of carboxylic acid groups (broad SMARTS) is 1. The number of nitrogens with one attached hydrogen (secondary N) is 1. The van der Waals surface area contributed by atoms with Gasteiger partial charge in [0.15, 0.2) is 0 Å². The summed E-state index contributed by atoms with van der Waals surface area (Å²) in [6.07, 6.45) is 0. The van der Waals surface area contributed by atoms with E-state index >= 15 is 0 Å². The Bertz CT molecular complexity index is 432. The lowest BCUT2D eigenvalue weighted by atomic mass is 10.2. The minimum atomic E-state index is -1.09. The highest BCUT2D eigenvalue weighted by Crippen LogP contribution is 2.23. The van der Waals surface area contributed by atoms with Gasteiger partial charge in [-0.2, -0.15) is 0 Å². The molecule has 0 aliphatic rings. The fourth-order valence-corrected chi connectivity index (χ4v) is 1.17. The molecule has 1 unspecified atom stereocenters. The lowest BCUT2D eigenvalue weighted by Gasteiger charge is -2.09. The summed E-state index contributed by atoms with van der Waals surface area (Å²) in [6, 6.07) is 3.35. The summed E-state index contributed by atoms with van der Waals surface area (Å²) in [7, 11) is 0. The Labute approximate surface area is 97.2 Å². The highest BCUT2D eigenvalue weighted by molar-refractivity contribution is 6.33. The van der Waals surface area contributed by atoms with Crippen molar-refractivity contribution < 1.29 is 14.7 Å². The zero-order valence-corrected chi connectivity index (χ0v) is 9.28. The average Bonchev–Trinajstić information content (AvgIpc) is 2.20. The van der Waals surface area contributed by atoms with Crippen molar-refractivity contribution in [2.24, 2.45) is 5.73 Å². The van der Waals surface area contributed by atoms with E-state index in [4.69, 9.17) is 22.4 Å². The van der Waals surface area contributed by atoms with E-state index in [-0.39, 0.29) is 16.3 Å². The molecule has 1 rings (SSSR count). The minimum absolute atomic E-state index is 0.0457. The molecule has 0 radical (unpaired) electrons. The molecule has 0 spiro atoms. The predicted molar refractivity (Wildman–Crippen MR) is 60.7 cm³/mol. The summed E-state index contributed by atoms with van der Waals surface area (Å²) in [5.74, 6) is -1.52. The number of rotatable bonds is 3. The van der Waals surface area contributed by atoms with Crippen molar-refractivity contribution in [2.45, 2.75) is 13.0 Å². The largest absolute Gasteiger partial charge is 0.478 e. The van der Waals surface area contributed by atoms with Crippen LogP contribution < -0.4 is 11.1 Å². The van der Waals surface area contributed by atoms with E-state index in [1.807, 2.05) is 0 Å². The first-order valence-electron chi connectivity index (χ1n) is 4.51. The van der Waals surface area contributed by atoms with Crippen molar-refractivity contribution in [3.05, 3.63) is 28.8 Å². The molecule has 0 aliphatic carbocycles. The van der Waals surface area contributed by atoms with E-state index in [0.29, 0.717) is 0 Å². The SMILES string of the molecule is CC(N)C(=O)Nc1cc(C(=O)O)ccc1Cl. The number of nitrogens with two attached hydrogens (primary N) is 1. The molecule has 0 bridgehead atoms. The number of carbonyl (C=O) groups excluding carboxylic acids is 1. The third-order valence-electron chi connectivity index (χ3n) is 1.88. The van der Waals surface area contributed by atoms with Crippen LogP contribution in [0.25, 0.3) is 0 Å². The summed E-state index contributed by atoms with van der Waals surface area (Å²) < 4.78 is 0. The van der Waals surface area contributed by atoms with Crippen LogP contribution >= 0.6 is 11.6 Å². The van der Waals surface area contributed by atoms with Gasteiger partial charge in [0.1, 0.15) is 0 Å². The second-order valence-corrected chi connectivity index (χ2v) is 3.68. The lowest BCUT2D eigenvalue weighted by molar-refractivity contribution is -0.117. The van der Waals surface area contributed by atoms with Gasteiger partial charge in [0.2, 0.25) is 5.91 Å². The standard InChI is InChI=1S/C10H11ClN2O3/c1-5(12)9(14)13-8-4-6(10(15)16)2-3-7(8)11/h2-5H,12H2,1H3,(H,13,14)(H,15,16). The van der Waals surface area contributed by atoms with E-state index in [1.165, 1.54) is 25.1 Å². The van der Waals surface area contributed by atoms with Gasteiger partial charge in [0.25, 0.3) is 0 Å². The number of anilines is 1. The van der Waals surface area contributed by atoms with E-state index in [1.54, 1.807) is 0 Å². The Hall–Kier alpha value is -1.59. The maximum atomic E-state index is 11.3.